The predicted molar refractivity (Wildman–Crippen MR) is 94.6 cm³/mol. The van der Waals surface area contributed by atoms with Crippen molar-refractivity contribution in [1.82, 2.24) is 4.72 Å². The summed E-state index contributed by atoms with van der Waals surface area (Å²) in [5, 5.41) is 0. The molecule has 0 atom stereocenters. The molecule has 0 unspecified atom stereocenters. The van der Waals surface area contributed by atoms with Crippen molar-refractivity contribution in [2.45, 2.75) is 4.90 Å². The van der Waals surface area contributed by atoms with Crippen molar-refractivity contribution in [2.75, 3.05) is 27.9 Å². The number of sulfonamides is 1. The molecule has 2 aromatic rings. The Morgan fingerprint density at radius 1 is 0.920 bits per heavy atom. The molecule has 132 valence electrons. The third-order valence-corrected chi connectivity index (χ3v) is 4.74. The number of benzene rings is 2. The Hall–Kier alpha value is -2.69. The van der Waals surface area contributed by atoms with Crippen LogP contribution in [0, 0.1) is 11.8 Å². The predicted octanol–water partition coefficient (Wildman–Crippen LogP) is 2.04. The van der Waals surface area contributed by atoms with Gasteiger partial charge in [-0.15, -0.1) is 0 Å². The molecule has 0 aliphatic heterocycles. The number of hydrogen-bond acceptors (Lipinski definition) is 5. The third kappa shape index (κ3) is 4.89. The molecule has 0 aliphatic carbocycles. The van der Waals surface area contributed by atoms with Gasteiger partial charge >= 0.3 is 0 Å². The summed E-state index contributed by atoms with van der Waals surface area (Å²) in [6.45, 7) is -0.0112. The van der Waals surface area contributed by atoms with Gasteiger partial charge in [-0.05, 0) is 36.4 Å². The van der Waals surface area contributed by atoms with Crippen LogP contribution >= 0.6 is 0 Å². The van der Waals surface area contributed by atoms with Crippen LogP contribution in [0.1, 0.15) is 5.56 Å². The highest BCUT2D eigenvalue weighted by Gasteiger charge is 2.16. The minimum absolute atomic E-state index is 0.0112. The zero-order valence-corrected chi connectivity index (χ0v) is 15.0. The normalized spacial score (nSPS) is 10.5. The van der Waals surface area contributed by atoms with Gasteiger partial charge in [0.2, 0.25) is 10.0 Å². The van der Waals surface area contributed by atoms with Gasteiger partial charge in [-0.2, -0.15) is 4.72 Å². The molecular weight excluding hydrogens is 342 g/mol. The number of nitrogens with one attached hydrogen (secondary N) is 1. The van der Waals surface area contributed by atoms with Crippen molar-refractivity contribution >= 4 is 10.0 Å². The van der Waals surface area contributed by atoms with Crippen LogP contribution in [0.3, 0.4) is 0 Å². The Morgan fingerprint density at radius 3 is 2.20 bits per heavy atom. The molecule has 0 fully saturated rings. The van der Waals surface area contributed by atoms with Crippen molar-refractivity contribution < 1.29 is 22.6 Å². The van der Waals surface area contributed by atoms with E-state index in [-0.39, 0.29) is 11.4 Å². The highest BCUT2D eigenvalue weighted by molar-refractivity contribution is 7.89. The van der Waals surface area contributed by atoms with Gasteiger partial charge in [0.05, 0.1) is 32.8 Å². The molecule has 0 spiro atoms. The van der Waals surface area contributed by atoms with Crippen LogP contribution < -0.4 is 18.9 Å². The van der Waals surface area contributed by atoms with E-state index >= 15 is 0 Å². The smallest absolute Gasteiger partial charge is 0.241 e. The number of rotatable bonds is 6. The van der Waals surface area contributed by atoms with Crippen molar-refractivity contribution in [3.05, 3.63) is 48.0 Å². The molecule has 0 saturated carbocycles. The SMILES string of the molecule is COc1ccc(C#CCNS(=O)(=O)c2ccc(OC)c(OC)c2)cc1. The summed E-state index contributed by atoms with van der Waals surface area (Å²) >= 11 is 0. The lowest BCUT2D eigenvalue weighted by Crippen LogP contribution is -2.24. The van der Waals surface area contributed by atoms with Crippen molar-refractivity contribution in [3.63, 3.8) is 0 Å². The molecule has 0 aliphatic rings. The second kappa shape index (κ2) is 8.42. The van der Waals surface area contributed by atoms with E-state index in [0.29, 0.717) is 11.5 Å². The highest BCUT2D eigenvalue weighted by atomic mass is 32.2. The first-order valence-electron chi connectivity index (χ1n) is 7.35. The molecule has 0 bridgehead atoms. The molecule has 0 heterocycles. The average Bonchev–Trinajstić information content (AvgIpc) is 2.65. The van der Waals surface area contributed by atoms with Gasteiger partial charge in [0.15, 0.2) is 11.5 Å². The molecule has 0 amide bonds. The van der Waals surface area contributed by atoms with E-state index in [0.717, 1.165) is 11.3 Å². The fraction of sp³-hybridized carbons (Fsp3) is 0.222. The third-order valence-electron chi connectivity index (χ3n) is 3.34. The van der Waals surface area contributed by atoms with E-state index in [1.165, 1.54) is 32.4 Å². The number of hydrogen-bond donors (Lipinski definition) is 1. The molecule has 2 aromatic carbocycles. The van der Waals surface area contributed by atoms with Gasteiger partial charge in [0, 0.05) is 11.6 Å². The summed E-state index contributed by atoms with van der Waals surface area (Å²) in [5.41, 5.74) is 0.770. The quantitative estimate of drug-likeness (QED) is 0.797. The molecule has 6 nitrogen and oxygen atoms in total. The molecule has 0 radical (unpaired) electrons. The van der Waals surface area contributed by atoms with E-state index in [1.807, 2.05) is 0 Å². The van der Waals surface area contributed by atoms with Crippen LogP contribution in [0.2, 0.25) is 0 Å². The van der Waals surface area contributed by atoms with Gasteiger partial charge in [-0.1, -0.05) is 11.8 Å². The van der Waals surface area contributed by atoms with E-state index in [1.54, 1.807) is 31.4 Å². The van der Waals surface area contributed by atoms with Crippen LogP contribution in [0.15, 0.2) is 47.4 Å². The van der Waals surface area contributed by atoms with Gasteiger partial charge < -0.3 is 14.2 Å². The van der Waals surface area contributed by atoms with Crippen molar-refractivity contribution in [2.24, 2.45) is 0 Å². The van der Waals surface area contributed by atoms with Gasteiger partial charge in [0.25, 0.3) is 0 Å². The zero-order chi connectivity index (χ0) is 18.3. The number of ether oxygens (including phenoxy) is 3. The highest BCUT2D eigenvalue weighted by Crippen LogP contribution is 2.29. The topological polar surface area (TPSA) is 73.9 Å². The lowest BCUT2D eigenvalue weighted by molar-refractivity contribution is 0.354. The Morgan fingerprint density at radius 2 is 1.60 bits per heavy atom. The monoisotopic (exact) mass is 361 g/mol. The fourth-order valence-electron chi connectivity index (χ4n) is 2.02. The lowest BCUT2D eigenvalue weighted by atomic mass is 10.2. The summed E-state index contributed by atoms with van der Waals surface area (Å²) in [6, 6.07) is 11.6. The Labute approximate surface area is 147 Å². The summed E-state index contributed by atoms with van der Waals surface area (Å²) < 4.78 is 42.3. The molecule has 0 saturated heterocycles. The van der Waals surface area contributed by atoms with Crippen molar-refractivity contribution in [3.8, 4) is 29.1 Å². The minimum atomic E-state index is -3.69. The first-order chi connectivity index (χ1) is 12.0. The second-order valence-electron chi connectivity index (χ2n) is 4.87. The standard InChI is InChI=1S/C18H19NO5S/c1-22-15-8-6-14(7-9-15)5-4-12-19-25(20,21)16-10-11-17(23-2)18(13-16)24-3/h6-11,13,19H,12H2,1-3H3. The Balaban J connectivity index is 2.05. The maximum absolute atomic E-state index is 12.3. The van der Waals surface area contributed by atoms with Crippen LogP contribution in [-0.4, -0.2) is 36.3 Å². The maximum atomic E-state index is 12.3. The molecule has 1 N–H and O–H groups in total. The molecule has 25 heavy (non-hydrogen) atoms. The fourth-order valence-corrected chi connectivity index (χ4v) is 2.96. The first kappa shape index (κ1) is 18.6. The van der Waals surface area contributed by atoms with E-state index in [4.69, 9.17) is 14.2 Å². The first-order valence-corrected chi connectivity index (χ1v) is 8.83. The summed E-state index contributed by atoms with van der Waals surface area (Å²) in [7, 11) is 0.828. The van der Waals surface area contributed by atoms with Gasteiger partial charge in [-0.3, -0.25) is 0 Å². The average molecular weight is 361 g/mol. The van der Waals surface area contributed by atoms with Gasteiger partial charge in [0.1, 0.15) is 5.75 Å². The second-order valence-corrected chi connectivity index (χ2v) is 6.64. The van der Waals surface area contributed by atoms with Gasteiger partial charge in [-0.25, -0.2) is 8.42 Å². The maximum Gasteiger partial charge on any atom is 0.241 e. The van der Waals surface area contributed by atoms with Crippen LogP contribution in [0.4, 0.5) is 0 Å². The Bertz CT molecular complexity index is 880. The van der Waals surface area contributed by atoms with Crippen LogP contribution in [-0.2, 0) is 10.0 Å². The lowest BCUT2D eigenvalue weighted by Gasteiger charge is -2.10. The van der Waals surface area contributed by atoms with Crippen LogP contribution in [0.5, 0.6) is 17.2 Å². The molecule has 7 heteroatoms. The van der Waals surface area contributed by atoms with E-state index in [9.17, 15) is 8.42 Å². The minimum Gasteiger partial charge on any atom is -0.497 e. The molecule has 0 aromatic heterocycles. The molecule has 2 rings (SSSR count). The summed E-state index contributed by atoms with van der Waals surface area (Å²) in [6.07, 6.45) is 0. The summed E-state index contributed by atoms with van der Waals surface area (Å²) in [5.74, 6) is 7.20. The zero-order valence-electron chi connectivity index (χ0n) is 14.2. The van der Waals surface area contributed by atoms with E-state index < -0.39 is 10.0 Å². The van der Waals surface area contributed by atoms with Crippen LogP contribution in [0.25, 0.3) is 0 Å². The van der Waals surface area contributed by atoms with Crippen molar-refractivity contribution in [1.29, 1.82) is 0 Å². The Kier molecular flexibility index (Phi) is 6.28. The van der Waals surface area contributed by atoms with E-state index in [2.05, 4.69) is 16.6 Å². The number of methoxy groups -OCH3 is 3. The summed E-state index contributed by atoms with van der Waals surface area (Å²) in [4.78, 5) is 0.0800. The molecular formula is C18H19NO5S. The largest absolute Gasteiger partial charge is 0.497 e.